The topological polar surface area (TPSA) is 107 Å². The zero-order valence-corrected chi connectivity index (χ0v) is 19.5. The first-order valence-corrected chi connectivity index (χ1v) is 10.9. The van der Waals surface area contributed by atoms with Gasteiger partial charge in [0.1, 0.15) is 11.4 Å². The molecule has 0 unspecified atom stereocenters. The lowest BCUT2D eigenvalue weighted by molar-refractivity contribution is -0.0763. The lowest BCUT2D eigenvalue weighted by Gasteiger charge is -2.16. The van der Waals surface area contributed by atoms with E-state index in [1.807, 2.05) is 42.6 Å². The van der Waals surface area contributed by atoms with Crippen LogP contribution >= 0.6 is 11.3 Å². The standard InChI is InChI=1S/C22H23N7O3S/c1-14-9-10-23-21(25-14)27-22-26-18(13-33-22)17-11-24-29(19(17)20(30)28(2)32-4)12-15-5-7-16(31-3)8-6-15/h5-11,13H,12H2,1-4H3,(H,23,25,26,27). The molecule has 10 nitrogen and oxygen atoms in total. The summed E-state index contributed by atoms with van der Waals surface area (Å²) < 4.78 is 6.86. The van der Waals surface area contributed by atoms with Crippen molar-refractivity contribution in [2.45, 2.75) is 13.5 Å². The molecule has 0 radical (unpaired) electrons. The molecule has 3 heterocycles. The summed E-state index contributed by atoms with van der Waals surface area (Å²) in [7, 11) is 4.61. The van der Waals surface area contributed by atoms with Gasteiger partial charge in [-0.15, -0.1) is 11.3 Å². The zero-order valence-electron chi connectivity index (χ0n) is 18.6. The molecule has 4 rings (SSSR count). The monoisotopic (exact) mass is 465 g/mol. The van der Waals surface area contributed by atoms with E-state index in [-0.39, 0.29) is 5.91 Å². The second-order valence-electron chi connectivity index (χ2n) is 7.08. The minimum absolute atomic E-state index is 0.331. The van der Waals surface area contributed by atoms with Gasteiger partial charge in [0.15, 0.2) is 5.13 Å². The van der Waals surface area contributed by atoms with E-state index in [1.165, 1.54) is 18.4 Å². The van der Waals surface area contributed by atoms with Gasteiger partial charge >= 0.3 is 0 Å². The van der Waals surface area contributed by atoms with E-state index in [4.69, 9.17) is 9.57 Å². The van der Waals surface area contributed by atoms with Crippen LogP contribution in [-0.4, -0.2) is 57.0 Å². The summed E-state index contributed by atoms with van der Waals surface area (Å²) in [5.41, 5.74) is 3.41. The van der Waals surface area contributed by atoms with E-state index in [2.05, 4.69) is 25.4 Å². The molecule has 0 spiro atoms. The summed E-state index contributed by atoms with van der Waals surface area (Å²) in [6, 6.07) is 9.42. The third-order valence-corrected chi connectivity index (χ3v) is 5.64. The van der Waals surface area contributed by atoms with Gasteiger partial charge in [-0.1, -0.05) is 12.1 Å². The molecule has 170 valence electrons. The Hall–Kier alpha value is -3.83. The van der Waals surface area contributed by atoms with Crippen LogP contribution in [0.2, 0.25) is 0 Å². The van der Waals surface area contributed by atoms with Crippen LogP contribution < -0.4 is 10.1 Å². The third-order valence-electron chi connectivity index (χ3n) is 4.89. The summed E-state index contributed by atoms with van der Waals surface area (Å²) in [5.74, 6) is 0.889. The molecule has 1 amide bonds. The first kappa shape index (κ1) is 22.4. The van der Waals surface area contributed by atoms with Crippen LogP contribution in [0, 0.1) is 6.92 Å². The Kier molecular flexibility index (Phi) is 6.61. The molecule has 0 aliphatic carbocycles. The Morgan fingerprint density at radius 2 is 1.97 bits per heavy atom. The highest BCUT2D eigenvalue weighted by molar-refractivity contribution is 7.14. The van der Waals surface area contributed by atoms with Crippen molar-refractivity contribution in [3.63, 3.8) is 0 Å². The number of anilines is 2. The van der Waals surface area contributed by atoms with E-state index in [1.54, 1.807) is 31.2 Å². The second kappa shape index (κ2) is 9.76. The maximum absolute atomic E-state index is 13.1. The van der Waals surface area contributed by atoms with Gasteiger partial charge in [0, 0.05) is 24.3 Å². The molecule has 0 fully saturated rings. The van der Waals surface area contributed by atoms with Gasteiger partial charge in [-0.25, -0.2) is 20.0 Å². The average molecular weight is 466 g/mol. The Morgan fingerprint density at radius 1 is 1.18 bits per heavy atom. The van der Waals surface area contributed by atoms with E-state index in [0.717, 1.165) is 22.1 Å². The van der Waals surface area contributed by atoms with Gasteiger partial charge in [0.2, 0.25) is 5.95 Å². The van der Waals surface area contributed by atoms with Crippen molar-refractivity contribution in [1.82, 2.24) is 29.8 Å². The van der Waals surface area contributed by atoms with Crippen LogP contribution in [0.4, 0.5) is 11.1 Å². The SMILES string of the molecule is COc1ccc(Cn2ncc(-c3csc(Nc4nccc(C)n4)n3)c2C(=O)N(C)OC)cc1. The predicted molar refractivity (Wildman–Crippen MR) is 125 cm³/mol. The van der Waals surface area contributed by atoms with Gasteiger partial charge in [-0.2, -0.15) is 5.10 Å². The van der Waals surface area contributed by atoms with Crippen LogP contribution in [0.3, 0.4) is 0 Å². The minimum atomic E-state index is -0.331. The lowest BCUT2D eigenvalue weighted by Crippen LogP contribution is -2.28. The number of hydrogen-bond donors (Lipinski definition) is 1. The molecule has 4 aromatic rings. The molecule has 11 heteroatoms. The number of thiazole rings is 1. The minimum Gasteiger partial charge on any atom is -0.497 e. The van der Waals surface area contributed by atoms with Crippen LogP contribution in [0.5, 0.6) is 5.75 Å². The number of rotatable bonds is 8. The van der Waals surface area contributed by atoms with Crippen molar-refractivity contribution in [3.8, 4) is 17.0 Å². The molecule has 0 aliphatic rings. The number of methoxy groups -OCH3 is 1. The Labute approximate surface area is 194 Å². The van der Waals surface area contributed by atoms with Crippen molar-refractivity contribution < 1.29 is 14.4 Å². The fraction of sp³-hybridized carbons (Fsp3) is 0.227. The average Bonchev–Trinajstić information content (AvgIpc) is 3.45. The Morgan fingerprint density at radius 3 is 2.67 bits per heavy atom. The zero-order chi connectivity index (χ0) is 23.4. The molecule has 0 saturated carbocycles. The van der Waals surface area contributed by atoms with Gasteiger partial charge in [0.25, 0.3) is 5.91 Å². The van der Waals surface area contributed by atoms with Gasteiger partial charge < -0.3 is 10.1 Å². The summed E-state index contributed by atoms with van der Waals surface area (Å²) in [4.78, 5) is 31.4. The Balaban J connectivity index is 1.66. The van der Waals surface area contributed by atoms with Crippen LogP contribution in [0.25, 0.3) is 11.3 Å². The number of nitrogens with zero attached hydrogens (tertiary/aromatic N) is 6. The summed E-state index contributed by atoms with van der Waals surface area (Å²) >= 11 is 1.39. The maximum Gasteiger partial charge on any atom is 0.296 e. The molecule has 0 bridgehead atoms. The third kappa shape index (κ3) is 4.99. The largest absolute Gasteiger partial charge is 0.497 e. The summed E-state index contributed by atoms with van der Waals surface area (Å²) in [6.45, 7) is 2.29. The number of nitrogens with one attached hydrogen (secondary N) is 1. The van der Waals surface area contributed by atoms with Crippen molar-refractivity contribution >= 4 is 28.3 Å². The number of aromatic nitrogens is 5. The van der Waals surface area contributed by atoms with Crippen molar-refractivity contribution in [2.75, 3.05) is 26.6 Å². The van der Waals surface area contributed by atoms with Crippen LogP contribution in [0.15, 0.2) is 48.1 Å². The van der Waals surface area contributed by atoms with E-state index < -0.39 is 0 Å². The number of hydrogen-bond acceptors (Lipinski definition) is 9. The normalized spacial score (nSPS) is 10.8. The van der Waals surface area contributed by atoms with Gasteiger partial charge in [-0.05, 0) is 30.7 Å². The molecule has 33 heavy (non-hydrogen) atoms. The van der Waals surface area contributed by atoms with Gasteiger partial charge in [0.05, 0.1) is 38.2 Å². The molecular formula is C22H23N7O3S. The van der Waals surface area contributed by atoms with E-state index in [0.29, 0.717) is 34.6 Å². The van der Waals surface area contributed by atoms with Crippen molar-refractivity contribution in [3.05, 3.63) is 65.1 Å². The van der Waals surface area contributed by atoms with Crippen molar-refractivity contribution in [1.29, 1.82) is 0 Å². The predicted octanol–water partition coefficient (Wildman–Crippen LogP) is 3.54. The van der Waals surface area contributed by atoms with E-state index >= 15 is 0 Å². The molecular weight excluding hydrogens is 442 g/mol. The number of amides is 1. The highest BCUT2D eigenvalue weighted by Crippen LogP contribution is 2.30. The number of hydroxylamine groups is 2. The number of aryl methyl sites for hydroxylation is 1. The first-order valence-electron chi connectivity index (χ1n) is 10.0. The maximum atomic E-state index is 13.1. The smallest absolute Gasteiger partial charge is 0.296 e. The molecule has 1 N–H and O–H groups in total. The molecule has 3 aromatic heterocycles. The van der Waals surface area contributed by atoms with Crippen molar-refractivity contribution in [2.24, 2.45) is 0 Å². The number of ether oxygens (including phenoxy) is 1. The number of carbonyl (C=O) groups is 1. The Bertz CT molecular complexity index is 1250. The van der Waals surface area contributed by atoms with Crippen LogP contribution in [-0.2, 0) is 11.4 Å². The van der Waals surface area contributed by atoms with Gasteiger partial charge in [-0.3, -0.25) is 14.3 Å². The fourth-order valence-corrected chi connectivity index (χ4v) is 3.82. The number of benzene rings is 1. The lowest BCUT2D eigenvalue weighted by atomic mass is 10.1. The fourth-order valence-electron chi connectivity index (χ4n) is 3.11. The quantitative estimate of drug-likeness (QED) is 0.394. The van der Waals surface area contributed by atoms with Crippen LogP contribution in [0.1, 0.15) is 21.7 Å². The molecule has 0 atom stereocenters. The first-order chi connectivity index (χ1) is 16.0. The molecule has 0 aliphatic heterocycles. The second-order valence-corrected chi connectivity index (χ2v) is 7.94. The number of carbonyl (C=O) groups excluding carboxylic acids is 1. The molecule has 0 saturated heterocycles. The molecule has 1 aromatic carbocycles. The summed E-state index contributed by atoms with van der Waals surface area (Å²) in [5, 5.41) is 11.2. The highest BCUT2D eigenvalue weighted by Gasteiger charge is 2.25. The van der Waals surface area contributed by atoms with E-state index in [9.17, 15) is 4.79 Å². The summed E-state index contributed by atoms with van der Waals surface area (Å²) in [6.07, 6.45) is 3.32. The highest BCUT2D eigenvalue weighted by atomic mass is 32.1.